The monoisotopic (exact) mass is 523 g/mol. The van der Waals surface area contributed by atoms with Gasteiger partial charge in [0.15, 0.2) is 0 Å². The average Bonchev–Trinajstić information content (AvgIpc) is 2.89. The second-order valence-corrected chi connectivity index (χ2v) is 10.3. The van der Waals surface area contributed by atoms with Crippen LogP contribution in [0.25, 0.3) is 0 Å². The van der Waals surface area contributed by atoms with E-state index in [0.29, 0.717) is 31.6 Å². The first-order valence-corrected chi connectivity index (χ1v) is 13.2. The standard InChI is InChI=1S/C29H37N3O6/c1-20-14-26(15-21(2)32(20)29(36)38-18-22-6-4-3-5-7-22)37-19-27(33)30-25-9-8-23-10-12-31(13-11-28(34)35)17-24(23)16-25/h3-9,16,20-21,26H,10-15,17-19H2,1-2H3,(H,30,33)(H,34,35). The number of carbonyl (C=O) groups excluding carboxylic acids is 2. The Morgan fingerprint density at radius 1 is 1.03 bits per heavy atom. The first-order chi connectivity index (χ1) is 18.3. The number of aliphatic carboxylic acids is 1. The third kappa shape index (κ3) is 7.55. The molecule has 4 rings (SSSR count). The van der Waals surface area contributed by atoms with Crippen LogP contribution in [-0.4, -0.2) is 70.8 Å². The number of fused-ring (bicyclic) bond motifs is 1. The van der Waals surface area contributed by atoms with Crippen LogP contribution in [0, 0.1) is 0 Å². The van der Waals surface area contributed by atoms with Gasteiger partial charge >= 0.3 is 12.1 Å². The first kappa shape index (κ1) is 27.6. The van der Waals surface area contributed by atoms with Crippen molar-refractivity contribution in [1.29, 1.82) is 0 Å². The molecule has 2 unspecified atom stereocenters. The fraction of sp³-hybridized carbons (Fsp3) is 0.483. The number of nitrogens with one attached hydrogen (secondary N) is 1. The van der Waals surface area contributed by atoms with Crippen LogP contribution in [0.5, 0.6) is 0 Å². The lowest BCUT2D eigenvalue weighted by molar-refractivity contribution is -0.137. The Kier molecular flexibility index (Phi) is 9.36. The molecule has 204 valence electrons. The van der Waals surface area contributed by atoms with Crippen molar-refractivity contribution in [3.8, 4) is 0 Å². The number of likely N-dealkylation sites (tertiary alicyclic amines) is 1. The van der Waals surface area contributed by atoms with Crippen molar-refractivity contribution in [2.45, 2.75) is 70.9 Å². The molecule has 0 radical (unpaired) electrons. The molecular weight excluding hydrogens is 486 g/mol. The molecule has 9 nitrogen and oxygen atoms in total. The van der Waals surface area contributed by atoms with Crippen molar-refractivity contribution in [2.75, 3.05) is 25.0 Å². The minimum Gasteiger partial charge on any atom is -0.481 e. The summed E-state index contributed by atoms with van der Waals surface area (Å²) in [5.74, 6) is -1.03. The number of ether oxygens (including phenoxy) is 2. The van der Waals surface area contributed by atoms with Gasteiger partial charge in [0.2, 0.25) is 5.91 Å². The predicted octanol–water partition coefficient (Wildman–Crippen LogP) is 4.05. The summed E-state index contributed by atoms with van der Waals surface area (Å²) in [6.07, 6.45) is 1.77. The Bertz CT molecular complexity index is 1110. The molecule has 38 heavy (non-hydrogen) atoms. The lowest BCUT2D eigenvalue weighted by Crippen LogP contribution is -2.52. The molecule has 0 bridgehead atoms. The summed E-state index contributed by atoms with van der Waals surface area (Å²) in [7, 11) is 0. The molecule has 2 aromatic carbocycles. The Balaban J connectivity index is 1.22. The molecule has 2 aliphatic heterocycles. The number of hydrogen-bond acceptors (Lipinski definition) is 6. The number of amides is 2. The number of carboxylic acids is 1. The highest BCUT2D eigenvalue weighted by Gasteiger charge is 2.35. The van der Waals surface area contributed by atoms with Crippen LogP contribution in [0.15, 0.2) is 48.5 Å². The van der Waals surface area contributed by atoms with Gasteiger partial charge in [0, 0.05) is 37.4 Å². The second kappa shape index (κ2) is 12.9. The number of rotatable bonds is 9. The van der Waals surface area contributed by atoms with Gasteiger partial charge in [-0.05, 0) is 61.9 Å². The topological polar surface area (TPSA) is 108 Å². The molecule has 2 atom stereocenters. The molecule has 0 saturated carbocycles. The molecule has 2 aliphatic rings. The van der Waals surface area contributed by atoms with E-state index in [0.717, 1.165) is 24.1 Å². The van der Waals surface area contributed by atoms with E-state index in [9.17, 15) is 14.4 Å². The maximum atomic E-state index is 12.7. The van der Waals surface area contributed by atoms with E-state index in [1.165, 1.54) is 5.56 Å². The Morgan fingerprint density at radius 2 is 1.76 bits per heavy atom. The normalized spacial score (nSPS) is 21.4. The fourth-order valence-corrected chi connectivity index (χ4v) is 5.34. The van der Waals surface area contributed by atoms with Crippen molar-refractivity contribution in [3.63, 3.8) is 0 Å². The molecule has 2 N–H and O–H groups in total. The average molecular weight is 524 g/mol. The largest absolute Gasteiger partial charge is 0.481 e. The van der Waals surface area contributed by atoms with Crippen molar-refractivity contribution < 1.29 is 29.0 Å². The summed E-state index contributed by atoms with van der Waals surface area (Å²) < 4.78 is 11.5. The molecule has 0 aliphatic carbocycles. The molecule has 1 saturated heterocycles. The molecule has 0 spiro atoms. The Labute approximate surface area is 223 Å². The van der Waals surface area contributed by atoms with Gasteiger partial charge in [-0.3, -0.25) is 14.5 Å². The van der Waals surface area contributed by atoms with E-state index in [2.05, 4.69) is 10.2 Å². The van der Waals surface area contributed by atoms with Gasteiger partial charge in [0.05, 0.1) is 12.5 Å². The highest BCUT2D eigenvalue weighted by molar-refractivity contribution is 5.91. The maximum Gasteiger partial charge on any atom is 0.410 e. The number of carbonyl (C=O) groups is 3. The van der Waals surface area contributed by atoms with E-state index >= 15 is 0 Å². The van der Waals surface area contributed by atoms with Crippen LogP contribution < -0.4 is 5.32 Å². The number of piperidine rings is 1. The van der Waals surface area contributed by atoms with Crippen LogP contribution in [0.4, 0.5) is 10.5 Å². The number of nitrogens with zero attached hydrogens (tertiary/aromatic N) is 2. The zero-order valence-electron chi connectivity index (χ0n) is 22.1. The predicted molar refractivity (Wildman–Crippen MR) is 143 cm³/mol. The summed E-state index contributed by atoms with van der Waals surface area (Å²) >= 11 is 0. The number of benzene rings is 2. The summed E-state index contributed by atoms with van der Waals surface area (Å²) in [5, 5.41) is 11.9. The number of carboxylic acid groups (broad SMARTS) is 1. The Hall–Kier alpha value is -3.43. The molecule has 2 amide bonds. The summed E-state index contributed by atoms with van der Waals surface area (Å²) in [6.45, 7) is 6.14. The summed E-state index contributed by atoms with van der Waals surface area (Å²) in [6, 6.07) is 15.3. The highest BCUT2D eigenvalue weighted by Crippen LogP contribution is 2.27. The first-order valence-electron chi connectivity index (χ1n) is 13.2. The van der Waals surface area contributed by atoms with Crippen LogP contribution in [-0.2, 0) is 38.6 Å². The van der Waals surface area contributed by atoms with Gasteiger partial charge in [0.1, 0.15) is 13.2 Å². The van der Waals surface area contributed by atoms with E-state index in [1.54, 1.807) is 4.90 Å². The van der Waals surface area contributed by atoms with Crippen molar-refractivity contribution >= 4 is 23.7 Å². The Morgan fingerprint density at radius 3 is 2.47 bits per heavy atom. The maximum absolute atomic E-state index is 12.7. The van der Waals surface area contributed by atoms with Crippen molar-refractivity contribution in [3.05, 3.63) is 65.2 Å². The van der Waals surface area contributed by atoms with E-state index < -0.39 is 5.97 Å². The van der Waals surface area contributed by atoms with E-state index in [-0.39, 0.29) is 49.8 Å². The van der Waals surface area contributed by atoms with Gasteiger partial charge in [-0.15, -0.1) is 0 Å². The van der Waals surface area contributed by atoms with Gasteiger partial charge in [-0.25, -0.2) is 4.79 Å². The minimum absolute atomic E-state index is 0.0651. The molecule has 2 heterocycles. The fourth-order valence-electron chi connectivity index (χ4n) is 5.34. The van der Waals surface area contributed by atoms with Crippen LogP contribution in [0.3, 0.4) is 0 Å². The van der Waals surface area contributed by atoms with Crippen molar-refractivity contribution in [1.82, 2.24) is 9.80 Å². The highest BCUT2D eigenvalue weighted by atomic mass is 16.6. The minimum atomic E-state index is -0.797. The molecule has 0 aromatic heterocycles. The molecular formula is C29H37N3O6. The molecule has 1 fully saturated rings. The zero-order valence-corrected chi connectivity index (χ0v) is 22.1. The third-order valence-corrected chi connectivity index (χ3v) is 7.25. The lowest BCUT2D eigenvalue weighted by Gasteiger charge is -2.41. The number of anilines is 1. The molecule has 9 heteroatoms. The summed E-state index contributed by atoms with van der Waals surface area (Å²) in [5.41, 5.74) is 3.98. The third-order valence-electron chi connectivity index (χ3n) is 7.25. The second-order valence-electron chi connectivity index (χ2n) is 10.3. The van der Waals surface area contributed by atoms with Gasteiger partial charge in [-0.1, -0.05) is 36.4 Å². The van der Waals surface area contributed by atoms with Gasteiger partial charge in [0.25, 0.3) is 0 Å². The number of hydrogen-bond donors (Lipinski definition) is 2. The van der Waals surface area contributed by atoms with Gasteiger partial charge in [-0.2, -0.15) is 0 Å². The molecule has 2 aromatic rings. The van der Waals surface area contributed by atoms with E-state index in [1.807, 2.05) is 62.4 Å². The SMILES string of the molecule is CC1CC(OCC(=O)Nc2ccc3c(c2)CN(CCC(=O)O)CC3)CC(C)N1C(=O)OCc1ccccc1. The van der Waals surface area contributed by atoms with Gasteiger partial charge < -0.3 is 24.8 Å². The van der Waals surface area contributed by atoms with Crippen molar-refractivity contribution in [2.24, 2.45) is 0 Å². The van der Waals surface area contributed by atoms with Crippen LogP contribution >= 0.6 is 0 Å². The van der Waals surface area contributed by atoms with Crippen LogP contribution in [0.1, 0.15) is 49.8 Å². The quantitative estimate of drug-likeness (QED) is 0.510. The lowest BCUT2D eigenvalue weighted by atomic mass is 9.95. The zero-order chi connectivity index (χ0) is 27.1. The summed E-state index contributed by atoms with van der Waals surface area (Å²) in [4.78, 5) is 40.1. The van der Waals surface area contributed by atoms with E-state index in [4.69, 9.17) is 14.6 Å². The smallest absolute Gasteiger partial charge is 0.410 e. The van der Waals surface area contributed by atoms with Crippen LogP contribution in [0.2, 0.25) is 0 Å².